The summed E-state index contributed by atoms with van der Waals surface area (Å²) in [5.41, 5.74) is 0.685. The SMILES string of the molecule is O=C(c1ccc(I)cc1)N1CCN(CCCOCC(F)(F)F)CC1. The Hall–Kier alpha value is -0.870. The highest BCUT2D eigenvalue weighted by Gasteiger charge is 2.27. The Balaban J connectivity index is 1.66. The summed E-state index contributed by atoms with van der Waals surface area (Å²) in [6.07, 6.45) is -3.71. The molecule has 1 heterocycles. The number of alkyl halides is 3. The summed E-state index contributed by atoms with van der Waals surface area (Å²) in [5, 5.41) is 0. The Morgan fingerprint density at radius 3 is 2.33 bits per heavy atom. The van der Waals surface area contributed by atoms with Gasteiger partial charge < -0.3 is 9.64 Å². The topological polar surface area (TPSA) is 32.8 Å². The molecule has 0 unspecified atom stereocenters. The molecule has 2 rings (SSSR count). The Labute approximate surface area is 153 Å². The Morgan fingerprint density at radius 2 is 1.75 bits per heavy atom. The second-order valence-corrected chi connectivity index (χ2v) is 6.91. The van der Waals surface area contributed by atoms with Crippen molar-refractivity contribution in [3.8, 4) is 0 Å². The molecule has 1 aliphatic rings. The quantitative estimate of drug-likeness (QED) is 0.488. The van der Waals surface area contributed by atoms with Crippen molar-refractivity contribution in [2.45, 2.75) is 12.6 Å². The van der Waals surface area contributed by atoms with E-state index >= 15 is 0 Å². The zero-order valence-corrected chi connectivity index (χ0v) is 15.3. The zero-order chi connectivity index (χ0) is 17.6. The van der Waals surface area contributed by atoms with E-state index < -0.39 is 12.8 Å². The van der Waals surface area contributed by atoms with Crippen molar-refractivity contribution >= 4 is 28.5 Å². The van der Waals surface area contributed by atoms with Crippen LogP contribution in [0.5, 0.6) is 0 Å². The van der Waals surface area contributed by atoms with Crippen molar-refractivity contribution in [3.63, 3.8) is 0 Å². The van der Waals surface area contributed by atoms with Crippen molar-refractivity contribution in [2.75, 3.05) is 45.9 Å². The first-order valence-corrected chi connectivity index (χ1v) is 8.85. The van der Waals surface area contributed by atoms with Crippen LogP contribution in [0, 0.1) is 3.57 Å². The van der Waals surface area contributed by atoms with E-state index in [1.807, 2.05) is 29.2 Å². The van der Waals surface area contributed by atoms with Gasteiger partial charge in [0.1, 0.15) is 6.61 Å². The Morgan fingerprint density at radius 1 is 1.12 bits per heavy atom. The molecule has 1 saturated heterocycles. The molecule has 1 amide bonds. The van der Waals surface area contributed by atoms with Gasteiger partial charge in [0.2, 0.25) is 0 Å². The molecular weight excluding hydrogens is 436 g/mol. The number of rotatable bonds is 6. The van der Waals surface area contributed by atoms with Crippen molar-refractivity contribution in [1.29, 1.82) is 0 Å². The minimum Gasteiger partial charge on any atom is -0.372 e. The molecule has 24 heavy (non-hydrogen) atoms. The van der Waals surface area contributed by atoms with Gasteiger partial charge in [0.05, 0.1) is 0 Å². The summed E-state index contributed by atoms with van der Waals surface area (Å²) in [6.45, 7) is 2.32. The third-order valence-electron chi connectivity index (χ3n) is 3.78. The number of benzene rings is 1. The van der Waals surface area contributed by atoms with Crippen LogP contribution >= 0.6 is 22.6 Å². The third kappa shape index (κ3) is 6.56. The number of hydrogen-bond acceptors (Lipinski definition) is 3. The van der Waals surface area contributed by atoms with Gasteiger partial charge in [-0.3, -0.25) is 9.69 Å². The van der Waals surface area contributed by atoms with Crippen molar-refractivity contribution in [1.82, 2.24) is 9.80 Å². The average Bonchev–Trinajstić information content (AvgIpc) is 2.54. The lowest BCUT2D eigenvalue weighted by Crippen LogP contribution is -2.49. The van der Waals surface area contributed by atoms with Crippen molar-refractivity contribution in [3.05, 3.63) is 33.4 Å². The number of halogens is 4. The molecule has 1 aliphatic heterocycles. The van der Waals surface area contributed by atoms with Crippen LogP contribution in [0.15, 0.2) is 24.3 Å². The maximum absolute atomic E-state index is 12.4. The molecule has 0 spiro atoms. The fourth-order valence-electron chi connectivity index (χ4n) is 2.53. The second-order valence-electron chi connectivity index (χ2n) is 5.66. The lowest BCUT2D eigenvalue weighted by atomic mass is 10.2. The van der Waals surface area contributed by atoms with E-state index in [1.165, 1.54) is 0 Å². The fourth-order valence-corrected chi connectivity index (χ4v) is 2.89. The first-order chi connectivity index (χ1) is 11.3. The molecule has 1 aromatic carbocycles. The highest BCUT2D eigenvalue weighted by atomic mass is 127. The highest BCUT2D eigenvalue weighted by Crippen LogP contribution is 2.15. The number of hydrogen-bond donors (Lipinski definition) is 0. The maximum atomic E-state index is 12.4. The molecule has 0 aliphatic carbocycles. The van der Waals surface area contributed by atoms with Gasteiger partial charge >= 0.3 is 6.18 Å². The van der Waals surface area contributed by atoms with Gasteiger partial charge in [-0.15, -0.1) is 0 Å². The minimum absolute atomic E-state index is 0.0274. The van der Waals surface area contributed by atoms with Gasteiger partial charge in [-0.1, -0.05) is 0 Å². The van der Waals surface area contributed by atoms with Crippen LogP contribution in [0.25, 0.3) is 0 Å². The number of carbonyl (C=O) groups excluding carboxylic acids is 1. The van der Waals surface area contributed by atoms with E-state index in [-0.39, 0.29) is 12.5 Å². The second kappa shape index (κ2) is 9.00. The molecule has 0 atom stereocenters. The van der Waals surface area contributed by atoms with Crippen LogP contribution in [0.3, 0.4) is 0 Å². The monoisotopic (exact) mass is 456 g/mol. The normalized spacial score (nSPS) is 16.4. The largest absolute Gasteiger partial charge is 0.411 e. The van der Waals surface area contributed by atoms with Crippen molar-refractivity contribution < 1.29 is 22.7 Å². The van der Waals surface area contributed by atoms with E-state index in [2.05, 4.69) is 32.2 Å². The molecular formula is C16H20F3IN2O2. The molecule has 0 aromatic heterocycles. The first-order valence-electron chi connectivity index (χ1n) is 7.77. The predicted molar refractivity (Wildman–Crippen MR) is 93.0 cm³/mol. The summed E-state index contributed by atoms with van der Waals surface area (Å²) in [6, 6.07) is 7.47. The van der Waals surface area contributed by atoms with Gasteiger partial charge in [-0.05, 0) is 53.3 Å². The van der Waals surface area contributed by atoms with Crippen LogP contribution in [0.1, 0.15) is 16.8 Å². The van der Waals surface area contributed by atoms with Crippen LogP contribution in [0.2, 0.25) is 0 Å². The molecule has 1 fully saturated rings. The van der Waals surface area contributed by atoms with E-state index in [4.69, 9.17) is 0 Å². The molecule has 0 bridgehead atoms. The van der Waals surface area contributed by atoms with E-state index in [9.17, 15) is 18.0 Å². The van der Waals surface area contributed by atoms with E-state index in [0.29, 0.717) is 31.6 Å². The van der Waals surface area contributed by atoms with Gasteiger partial charge in [-0.25, -0.2) is 0 Å². The average molecular weight is 456 g/mol. The first kappa shape index (κ1) is 19.5. The zero-order valence-electron chi connectivity index (χ0n) is 13.2. The minimum atomic E-state index is -4.26. The Bertz CT molecular complexity index is 529. The van der Waals surface area contributed by atoms with Crippen LogP contribution in [0.4, 0.5) is 13.2 Å². The summed E-state index contributed by atoms with van der Waals surface area (Å²) >= 11 is 2.20. The van der Waals surface area contributed by atoms with E-state index in [0.717, 1.165) is 16.7 Å². The standard InChI is InChI=1S/C16H20F3IN2O2/c17-16(18,19)12-24-11-1-6-21-7-9-22(10-8-21)15(23)13-2-4-14(20)5-3-13/h2-5H,1,6-12H2. The third-order valence-corrected chi connectivity index (χ3v) is 4.50. The fraction of sp³-hybridized carbons (Fsp3) is 0.562. The molecule has 0 N–H and O–H groups in total. The molecule has 1 aromatic rings. The number of ether oxygens (including phenoxy) is 1. The maximum Gasteiger partial charge on any atom is 0.411 e. The van der Waals surface area contributed by atoms with Crippen LogP contribution in [-0.2, 0) is 4.74 Å². The molecule has 8 heteroatoms. The highest BCUT2D eigenvalue weighted by molar-refractivity contribution is 14.1. The van der Waals surface area contributed by atoms with Crippen LogP contribution < -0.4 is 0 Å². The lowest BCUT2D eigenvalue weighted by molar-refractivity contribution is -0.174. The summed E-state index contributed by atoms with van der Waals surface area (Å²) < 4.78 is 41.5. The van der Waals surface area contributed by atoms with Crippen LogP contribution in [-0.4, -0.2) is 67.8 Å². The molecule has 4 nitrogen and oxygen atoms in total. The summed E-state index contributed by atoms with van der Waals surface area (Å²) in [5.74, 6) is 0.0274. The molecule has 134 valence electrons. The summed E-state index contributed by atoms with van der Waals surface area (Å²) in [7, 11) is 0. The number of piperazine rings is 1. The van der Waals surface area contributed by atoms with Gasteiger partial charge in [-0.2, -0.15) is 13.2 Å². The molecule has 0 saturated carbocycles. The lowest BCUT2D eigenvalue weighted by Gasteiger charge is -2.34. The van der Waals surface area contributed by atoms with Crippen molar-refractivity contribution in [2.24, 2.45) is 0 Å². The summed E-state index contributed by atoms with van der Waals surface area (Å²) in [4.78, 5) is 16.4. The van der Waals surface area contributed by atoms with Gasteiger partial charge in [0.25, 0.3) is 5.91 Å². The molecule has 0 radical (unpaired) electrons. The number of nitrogens with zero attached hydrogens (tertiary/aromatic N) is 2. The smallest absolute Gasteiger partial charge is 0.372 e. The predicted octanol–water partition coefficient (Wildman–Crippen LogP) is 3.02. The van der Waals surface area contributed by atoms with Gasteiger partial charge in [0.15, 0.2) is 0 Å². The number of amides is 1. The Kier molecular flexibility index (Phi) is 7.30. The number of carbonyl (C=O) groups is 1. The van der Waals surface area contributed by atoms with Gasteiger partial charge in [0, 0.05) is 48.5 Å². The van der Waals surface area contributed by atoms with E-state index in [1.54, 1.807) is 0 Å².